The van der Waals surface area contributed by atoms with E-state index in [2.05, 4.69) is 30.9 Å². The second-order valence-electron chi connectivity index (χ2n) is 9.66. The zero-order chi connectivity index (χ0) is 28.1. The summed E-state index contributed by atoms with van der Waals surface area (Å²) in [5, 5.41) is 17.3. The van der Waals surface area contributed by atoms with Gasteiger partial charge in [-0.2, -0.15) is 0 Å². The summed E-state index contributed by atoms with van der Waals surface area (Å²) in [7, 11) is 0. The number of hydrogen-bond donors (Lipinski definition) is 8. The van der Waals surface area contributed by atoms with Crippen molar-refractivity contribution in [1.82, 2.24) is 25.9 Å². The van der Waals surface area contributed by atoms with E-state index in [1.54, 1.807) is 20.0 Å². The number of guanidine groups is 1. The summed E-state index contributed by atoms with van der Waals surface area (Å²) >= 11 is 0. The predicted molar refractivity (Wildman–Crippen MR) is 138 cm³/mol. The van der Waals surface area contributed by atoms with E-state index in [4.69, 9.17) is 17.2 Å². The van der Waals surface area contributed by atoms with Crippen molar-refractivity contribution in [2.24, 2.45) is 34.0 Å². The van der Waals surface area contributed by atoms with Gasteiger partial charge in [0.2, 0.25) is 17.7 Å². The first kappa shape index (κ1) is 31.4. The minimum atomic E-state index is -1.16. The number of nitrogens with one attached hydrogen (secondary N) is 4. The number of nitrogens with two attached hydrogens (primary N) is 3. The molecule has 1 heterocycles. The molecule has 1 aromatic heterocycles. The summed E-state index contributed by atoms with van der Waals surface area (Å²) in [6, 6.07) is -4.11. The van der Waals surface area contributed by atoms with Gasteiger partial charge < -0.3 is 43.2 Å². The number of aliphatic imine (C=N–C) groups is 1. The van der Waals surface area contributed by atoms with Crippen LogP contribution < -0.4 is 33.2 Å². The number of carbonyl (C=O) groups is 4. The monoisotopic (exact) mass is 523 g/mol. The van der Waals surface area contributed by atoms with Crippen LogP contribution in [0.25, 0.3) is 0 Å². The van der Waals surface area contributed by atoms with Gasteiger partial charge in [-0.1, -0.05) is 27.7 Å². The molecule has 0 aromatic carbocycles. The Balaban J connectivity index is 2.97. The summed E-state index contributed by atoms with van der Waals surface area (Å²) in [6.07, 6.45) is 3.95. The summed E-state index contributed by atoms with van der Waals surface area (Å²) < 4.78 is 0. The summed E-state index contributed by atoms with van der Waals surface area (Å²) in [5.74, 6) is -3.40. The fourth-order valence-electron chi connectivity index (χ4n) is 3.52. The second-order valence-corrected chi connectivity index (χ2v) is 9.66. The first-order chi connectivity index (χ1) is 17.3. The Morgan fingerprint density at radius 3 is 2.19 bits per heavy atom. The molecule has 11 N–H and O–H groups in total. The van der Waals surface area contributed by atoms with E-state index in [9.17, 15) is 24.3 Å². The lowest BCUT2D eigenvalue weighted by Crippen LogP contribution is -2.58. The highest BCUT2D eigenvalue weighted by Gasteiger charge is 2.32. The quantitative estimate of drug-likeness (QED) is 0.0718. The molecule has 1 aromatic rings. The van der Waals surface area contributed by atoms with Crippen LogP contribution in [-0.2, 0) is 25.6 Å². The Morgan fingerprint density at radius 2 is 1.68 bits per heavy atom. The molecule has 0 aliphatic carbocycles. The molecule has 0 saturated heterocycles. The number of rotatable bonds is 16. The topological polar surface area (TPSA) is 244 Å². The number of carboxylic acid groups (broad SMARTS) is 1. The predicted octanol–water partition coefficient (Wildman–Crippen LogP) is -1.43. The molecule has 1 rings (SSSR count). The van der Waals surface area contributed by atoms with E-state index in [1.807, 2.05) is 13.8 Å². The molecule has 14 heteroatoms. The Labute approximate surface area is 216 Å². The van der Waals surface area contributed by atoms with Crippen LogP contribution in [0.4, 0.5) is 0 Å². The molecule has 0 radical (unpaired) electrons. The molecule has 3 amide bonds. The van der Waals surface area contributed by atoms with E-state index < -0.39 is 47.9 Å². The summed E-state index contributed by atoms with van der Waals surface area (Å²) in [5.41, 5.74) is 17.4. The van der Waals surface area contributed by atoms with Gasteiger partial charge in [-0.25, -0.2) is 9.78 Å². The van der Waals surface area contributed by atoms with E-state index in [-0.39, 0.29) is 43.6 Å². The van der Waals surface area contributed by atoms with Crippen molar-refractivity contribution in [1.29, 1.82) is 0 Å². The Hall–Kier alpha value is -3.68. The maximum Gasteiger partial charge on any atom is 0.326 e. The van der Waals surface area contributed by atoms with Gasteiger partial charge in [-0.15, -0.1) is 0 Å². The summed E-state index contributed by atoms with van der Waals surface area (Å²) in [4.78, 5) is 61.1. The Bertz CT molecular complexity index is 914. The number of aliphatic carboxylic acids is 1. The highest BCUT2D eigenvalue weighted by atomic mass is 16.4. The van der Waals surface area contributed by atoms with Crippen LogP contribution in [0.1, 0.15) is 52.7 Å². The molecule has 0 aliphatic heterocycles. The lowest BCUT2D eigenvalue weighted by molar-refractivity contribution is -0.143. The SMILES string of the molecule is CC(C)CC(NC(=O)C(NC(=O)C(CCCN=C(N)N)NC(=O)C(N)Cc1cnc[nH]1)C(C)C)C(=O)O. The number of amides is 3. The molecule has 4 unspecified atom stereocenters. The largest absolute Gasteiger partial charge is 0.480 e. The molecule has 0 fully saturated rings. The zero-order valence-corrected chi connectivity index (χ0v) is 21.9. The highest BCUT2D eigenvalue weighted by Crippen LogP contribution is 2.09. The third-order valence-electron chi connectivity index (χ3n) is 5.48. The van der Waals surface area contributed by atoms with Crippen LogP contribution in [0.15, 0.2) is 17.5 Å². The first-order valence-electron chi connectivity index (χ1n) is 12.2. The van der Waals surface area contributed by atoms with E-state index >= 15 is 0 Å². The molecule has 14 nitrogen and oxygen atoms in total. The van der Waals surface area contributed by atoms with Crippen LogP contribution in [-0.4, -0.2) is 75.4 Å². The number of aromatic nitrogens is 2. The number of nitrogens with zero attached hydrogens (tertiary/aromatic N) is 2. The van der Waals surface area contributed by atoms with Crippen LogP contribution in [0.3, 0.4) is 0 Å². The molecular weight excluding hydrogens is 482 g/mol. The number of aromatic amines is 1. The average Bonchev–Trinajstić information content (AvgIpc) is 3.30. The van der Waals surface area contributed by atoms with Gasteiger partial charge in [0.05, 0.1) is 12.4 Å². The molecule has 37 heavy (non-hydrogen) atoms. The Morgan fingerprint density at radius 1 is 1.03 bits per heavy atom. The maximum absolute atomic E-state index is 13.2. The minimum Gasteiger partial charge on any atom is -0.480 e. The van der Waals surface area contributed by atoms with Gasteiger partial charge in [-0.3, -0.25) is 19.4 Å². The van der Waals surface area contributed by atoms with E-state index in [0.717, 1.165) is 0 Å². The van der Waals surface area contributed by atoms with Crippen molar-refractivity contribution in [2.45, 2.75) is 77.5 Å². The molecular formula is C23H41N9O5. The third-order valence-corrected chi connectivity index (χ3v) is 5.48. The van der Waals surface area contributed by atoms with Crippen molar-refractivity contribution < 1.29 is 24.3 Å². The normalized spacial score (nSPS) is 14.4. The molecule has 0 aliphatic rings. The van der Waals surface area contributed by atoms with Crippen molar-refractivity contribution in [2.75, 3.05) is 6.54 Å². The number of hydrogen-bond acceptors (Lipinski definition) is 7. The molecule has 0 saturated carbocycles. The van der Waals surface area contributed by atoms with Gasteiger partial charge in [0.1, 0.15) is 18.1 Å². The van der Waals surface area contributed by atoms with Crippen LogP contribution in [0.2, 0.25) is 0 Å². The van der Waals surface area contributed by atoms with Gasteiger partial charge in [0, 0.05) is 24.9 Å². The molecule has 0 spiro atoms. The number of imidazole rings is 1. The van der Waals surface area contributed by atoms with Crippen molar-refractivity contribution in [3.63, 3.8) is 0 Å². The van der Waals surface area contributed by atoms with Crippen molar-refractivity contribution in [3.05, 3.63) is 18.2 Å². The standard InChI is InChI=1S/C23H41N9O5/c1-12(2)8-17(22(36)37)31-21(35)18(13(3)4)32-20(34)16(6-5-7-28-23(25)26)30-19(33)15(24)9-14-10-27-11-29-14/h10-13,15-18H,5-9,24H2,1-4H3,(H,27,29)(H,30,33)(H,31,35)(H,32,34)(H,36,37)(H4,25,26,28). The van der Waals surface area contributed by atoms with Crippen LogP contribution in [0, 0.1) is 11.8 Å². The fourth-order valence-corrected chi connectivity index (χ4v) is 3.52. The number of H-pyrrole nitrogens is 1. The molecule has 4 atom stereocenters. The lowest BCUT2D eigenvalue weighted by atomic mass is 9.99. The maximum atomic E-state index is 13.2. The van der Waals surface area contributed by atoms with Crippen molar-refractivity contribution >= 4 is 29.7 Å². The lowest BCUT2D eigenvalue weighted by Gasteiger charge is -2.27. The smallest absolute Gasteiger partial charge is 0.326 e. The molecule has 208 valence electrons. The third kappa shape index (κ3) is 11.7. The van der Waals surface area contributed by atoms with Gasteiger partial charge in [0.15, 0.2) is 5.96 Å². The Kier molecular flexibility index (Phi) is 13.1. The highest BCUT2D eigenvalue weighted by molar-refractivity contribution is 5.94. The first-order valence-corrected chi connectivity index (χ1v) is 12.2. The van der Waals surface area contributed by atoms with Crippen molar-refractivity contribution in [3.8, 4) is 0 Å². The fraction of sp³-hybridized carbons (Fsp3) is 0.652. The van der Waals surface area contributed by atoms with E-state index in [1.165, 1.54) is 6.33 Å². The minimum absolute atomic E-state index is 0.0317. The second kappa shape index (κ2) is 15.4. The van der Waals surface area contributed by atoms with E-state index in [0.29, 0.717) is 12.1 Å². The molecule has 0 bridgehead atoms. The van der Waals surface area contributed by atoms with Crippen LogP contribution >= 0.6 is 0 Å². The average molecular weight is 524 g/mol. The van der Waals surface area contributed by atoms with Gasteiger partial charge >= 0.3 is 5.97 Å². The number of carboxylic acids is 1. The summed E-state index contributed by atoms with van der Waals surface area (Å²) in [6.45, 7) is 7.35. The van der Waals surface area contributed by atoms with Gasteiger partial charge in [0.25, 0.3) is 0 Å². The van der Waals surface area contributed by atoms with Crippen LogP contribution in [0.5, 0.6) is 0 Å². The number of carbonyl (C=O) groups excluding carboxylic acids is 3. The zero-order valence-electron chi connectivity index (χ0n) is 21.9. The van der Waals surface area contributed by atoms with Gasteiger partial charge in [-0.05, 0) is 31.1 Å².